The summed E-state index contributed by atoms with van der Waals surface area (Å²) < 4.78 is 0. The SMILES string of the molecule is CCC1CCCCCN1CC1(C(C)C)CCNC1. The highest BCUT2D eigenvalue weighted by Crippen LogP contribution is 2.36. The fourth-order valence-electron chi connectivity index (χ4n) is 3.89. The number of rotatable bonds is 4. The molecule has 0 amide bonds. The van der Waals surface area contributed by atoms with Gasteiger partial charge in [-0.25, -0.2) is 0 Å². The Morgan fingerprint density at radius 2 is 2.11 bits per heavy atom. The lowest BCUT2D eigenvalue weighted by Crippen LogP contribution is -2.46. The number of nitrogens with zero attached hydrogens (tertiary/aromatic N) is 1. The monoisotopic (exact) mass is 252 g/mol. The molecule has 2 unspecified atom stereocenters. The minimum atomic E-state index is 0.539. The highest BCUT2D eigenvalue weighted by molar-refractivity contribution is 4.94. The Kier molecular flexibility index (Phi) is 5.08. The molecule has 0 spiro atoms. The fourth-order valence-corrected chi connectivity index (χ4v) is 3.89. The molecule has 0 aliphatic carbocycles. The molecule has 0 bridgehead atoms. The zero-order valence-electron chi connectivity index (χ0n) is 12.7. The molecule has 2 rings (SSSR count). The Hall–Kier alpha value is -0.0800. The molecule has 106 valence electrons. The van der Waals surface area contributed by atoms with Crippen molar-refractivity contribution in [2.45, 2.75) is 65.3 Å². The third kappa shape index (κ3) is 3.08. The van der Waals surface area contributed by atoms with Crippen molar-refractivity contribution in [3.8, 4) is 0 Å². The predicted molar refractivity (Wildman–Crippen MR) is 78.9 cm³/mol. The first kappa shape index (κ1) is 14.3. The van der Waals surface area contributed by atoms with Gasteiger partial charge in [0.15, 0.2) is 0 Å². The van der Waals surface area contributed by atoms with Crippen LogP contribution in [0.25, 0.3) is 0 Å². The average Bonchev–Trinajstić information content (AvgIpc) is 2.71. The van der Waals surface area contributed by atoms with Crippen LogP contribution in [-0.4, -0.2) is 37.1 Å². The van der Waals surface area contributed by atoms with Gasteiger partial charge in [0.25, 0.3) is 0 Å². The van der Waals surface area contributed by atoms with Crippen molar-refractivity contribution in [3.05, 3.63) is 0 Å². The van der Waals surface area contributed by atoms with E-state index in [0.29, 0.717) is 5.41 Å². The summed E-state index contributed by atoms with van der Waals surface area (Å²) in [7, 11) is 0. The lowest BCUT2D eigenvalue weighted by atomic mass is 9.75. The molecule has 2 heterocycles. The molecule has 2 aliphatic rings. The first-order valence-electron chi connectivity index (χ1n) is 8.13. The second-order valence-corrected chi connectivity index (χ2v) is 6.83. The topological polar surface area (TPSA) is 15.3 Å². The van der Waals surface area contributed by atoms with E-state index in [1.807, 2.05) is 0 Å². The number of likely N-dealkylation sites (tertiary alicyclic amines) is 1. The van der Waals surface area contributed by atoms with Crippen molar-refractivity contribution < 1.29 is 0 Å². The summed E-state index contributed by atoms with van der Waals surface area (Å²) >= 11 is 0. The van der Waals surface area contributed by atoms with E-state index < -0.39 is 0 Å². The van der Waals surface area contributed by atoms with Crippen molar-refractivity contribution >= 4 is 0 Å². The Bertz CT molecular complexity index is 243. The Balaban J connectivity index is 2.04. The Morgan fingerprint density at radius 1 is 1.28 bits per heavy atom. The maximum Gasteiger partial charge on any atom is 0.00928 e. The van der Waals surface area contributed by atoms with E-state index in [1.165, 1.54) is 64.7 Å². The first-order chi connectivity index (χ1) is 8.68. The molecular formula is C16H32N2. The van der Waals surface area contributed by atoms with Gasteiger partial charge in [-0.1, -0.05) is 33.6 Å². The van der Waals surface area contributed by atoms with Crippen molar-refractivity contribution in [1.82, 2.24) is 10.2 Å². The van der Waals surface area contributed by atoms with Crippen LogP contribution in [0, 0.1) is 11.3 Å². The molecule has 0 radical (unpaired) electrons. The summed E-state index contributed by atoms with van der Waals surface area (Å²) in [5.74, 6) is 0.799. The second kappa shape index (κ2) is 6.38. The molecule has 2 heteroatoms. The quantitative estimate of drug-likeness (QED) is 0.826. The summed E-state index contributed by atoms with van der Waals surface area (Å²) in [5.41, 5.74) is 0.539. The summed E-state index contributed by atoms with van der Waals surface area (Å²) in [6.07, 6.45) is 8.44. The van der Waals surface area contributed by atoms with Crippen LogP contribution in [0.5, 0.6) is 0 Å². The van der Waals surface area contributed by atoms with E-state index in [2.05, 4.69) is 31.0 Å². The van der Waals surface area contributed by atoms with Crippen molar-refractivity contribution in [3.63, 3.8) is 0 Å². The van der Waals surface area contributed by atoms with Crippen molar-refractivity contribution in [1.29, 1.82) is 0 Å². The van der Waals surface area contributed by atoms with Crippen LogP contribution in [-0.2, 0) is 0 Å². The van der Waals surface area contributed by atoms with Crippen LogP contribution in [0.15, 0.2) is 0 Å². The van der Waals surface area contributed by atoms with Gasteiger partial charge in [0.2, 0.25) is 0 Å². The lowest BCUT2D eigenvalue weighted by molar-refractivity contribution is 0.0848. The first-order valence-corrected chi connectivity index (χ1v) is 8.13. The van der Waals surface area contributed by atoms with Crippen LogP contribution in [0.1, 0.15) is 59.3 Å². The zero-order chi connectivity index (χ0) is 13.0. The summed E-state index contributed by atoms with van der Waals surface area (Å²) in [5, 5.41) is 3.61. The molecule has 0 aromatic carbocycles. The van der Waals surface area contributed by atoms with Gasteiger partial charge in [-0.15, -0.1) is 0 Å². The van der Waals surface area contributed by atoms with Gasteiger partial charge in [-0.3, -0.25) is 4.90 Å². The Labute approximate surface area is 114 Å². The highest BCUT2D eigenvalue weighted by Gasteiger charge is 2.39. The molecule has 0 saturated carbocycles. The molecular weight excluding hydrogens is 220 g/mol. The van der Waals surface area contributed by atoms with Crippen LogP contribution < -0.4 is 5.32 Å². The van der Waals surface area contributed by atoms with Crippen LogP contribution in [0.4, 0.5) is 0 Å². The van der Waals surface area contributed by atoms with Crippen LogP contribution in [0.2, 0.25) is 0 Å². The van der Waals surface area contributed by atoms with E-state index in [0.717, 1.165) is 12.0 Å². The van der Waals surface area contributed by atoms with Gasteiger partial charge in [-0.05, 0) is 50.1 Å². The van der Waals surface area contributed by atoms with E-state index in [4.69, 9.17) is 0 Å². The molecule has 2 nitrogen and oxygen atoms in total. The molecule has 1 N–H and O–H groups in total. The molecule has 0 aromatic heterocycles. The molecule has 2 aliphatic heterocycles. The van der Waals surface area contributed by atoms with Crippen molar-refractivity contribution in [2.75, 3.05) is 26.2 Å². The largest absolute Gasteiger partial charge is 0.316 e. The standard InChI is InChI=1S/C16H32N2/c1-4-15-8-6-5-7-11-18(15)13-16(14(2)3)9-10-17-12-16/h14-15,17H,4-13H2,1-3H3. The van der Waals surface area contributed by atoms with Gasteiger partial charge in [-0.2, -0.15) is 0 Å². The van der Waals surface area contributed by atoms with E-state index >= 15 is 0 Å². The molecule has 0 aromatic rings. The van der Waals surface area contributed by atoms with Crippen LogP contribution >= 0.6 is 0 Å². The highest BCUT2D eigenvalue weighted by atomic mass is 15.2. The van der Waals surface area contributed by atoms with Crippen molar-refractivity contribution in [2.24, 2.45) is 11.3 Å². The average molecular weight is 252 g/mol. The third-order valence-electron chi connectivity index (χ3n) is 5.49. The van der Waals surface area contributed by atoms with Gasteiger partial charge < -0.3 is 5.32 Å². The molecule has 2 fully saturated rings. The van der Waals surface area contributed by atoms with Gasteiger partial charge in [0.05, 0.1) is 0 Å². The second-order valence-electron chi connectivity index (χ2n) is 6.83. The number of nitrogens with one attached hydrogen (secondary N) is 1. The van der Waals surface area contributed by atoms with Gasteiger partial charge in [0.1, 0.15) is 0 Å². The number of hydrogen-bond donors (Lipinski definition) is 1. The number of hydrogen-bond acceptors (Lipinski definition) is 2. The van der Waals surface area contributed by atoms with Gasteiger partial charge in [0, 0.05) is 19.1 Å². The summed E-state index contributed by atoms with van der Waals surface area (Å²) in [4.78, 5) is 2.83. The predicted octanol–water partition coefficient (Wildman–Crippen LogP) is 3.28. The summed E-state index contributed by atoms with van der Waals surface area (Å²) in [6.45, 7) is 12.3. The smallest absolute Gasteiger partial charge is 0.00928 e. The minimum absolute atomic E-state index is 0.539. The zero-order valence-corrected chi connectivity index (χ0v) is 12.7. The molecule has 2 saturated heterocycles. The lowest BCUT2D eigenvalue weighted by Gasteiger charge is -2.41. The van der Waals surface area contributed by atoms with Crippen LogP contribution in [0.3, 0.4) is 0 Å². The van der Waals surface area contributed by atoms with Gasteiger partial charge >= 0.3 is 0 Å². The van der Waals surface area contributed by atoms with E-state index in [1.54, 1.807) is 0 Å². The normalized spacial score (nSPS) is 35.0. The van der Waals surface area contributed by atoms with E-state index in [9.17, 15) is 0 Å². The Morgan fingerprint density at radius 3 is 2.72 bits per heavy atom. The van der Waals surface area contributed by atoms with E-state index in [-0.39, 0.29) is 0 Å². The fraction of sp³-hybridized carbons (Fsp3) is 1.00. The molecule has 2 atom stereocenters. The maximum atomic E-state index is 3.61. The maximum absolute atomic E-state index is 3.61. The minimum Gasteiger partial charge on any atom is -0.316 e. The summed E-state index contributed by atoms with van der Waals surface area (Å²) in [6, 6.07) is 0.851. The molecule has 18 heavy (non-hydrogen) atoms. The third-order valence-corrected chi connectivity index (χ3v) is 5.49.